The zero-order chi connectivity index (χ0) is 26.0. The Labute approximate surface area is 207 Å². The van der Waals surface area contributed by atoms with Gasteiger partial charge in [0.15, 0.2) is 11.9 Å². The van der Waals surface area contributed by atoms with Gasteiger partial charge in [0, 0.05) is 30.1 Å². The largest absolute Gasteiger partial charge is 0.481 e. The monoisotopic (exact) mass is 509 g/mol. The molecule has 1 heterocycles. The van der Waals surface area contributed by atoms with Crippen LogP contribution >= 0.6 is 11.6 Å². The van der Waals surface area contributed by atoms with Gasteiger partial charge in [-0.05, 0) is 67.8 Å². The number of carbonyl (C=O) groups excluding carboxylic acids is 1. The minimum absolute atomic E-state index is 0.0414. The molecule has 0 bridgehead atoms. The maximum absolute atomic E-state index is 12.9. The number of piperidine rings is 1. The molecule has 3 rings (SSSR count). The summed E-state index contributed by atoms with van der Waals surface area (Å²) < 4.78 is 12.9. The van der Waals surface area contributed by atoms with Crippen LogP contribution in [0.4, 0.5) is 4.39 Å². The Hall–Kier alpha value is -2.85. The quantitative estimate of drug-likeness (QED) is 0.378. The third-order valence-electron chi connectivity index (χ3n) is 5.76. The third kappa shape index (κ3) is 9.37. The summed E-state index contributed by atoms with van der Waals surface area (Å²) >= 11 is 5.92. The lowest BCUT2D eigenvalue weighted by molar-refractivity contribution is -0.152. The van der Waals surface area contributed by atoms with Gasteiger partial charge in [-0.3, -0.25) is 9.59 Å². The fraction of sp³-hybridized carbons (Fsp3) is 0.400. The summed E-state index contributed by atoms with van der Waals surface area (Å²) in [5.41, 5.74) is 0.667. The minimum atomic E-state index is -1.79. The van der Waals surface area contributed by atoms with Gasteiger partial charge in [-0.25, -0.2) is 9.18 Å². The summed E-state index contributed by atoms with van der Waals surface area (Å²) in [6.07, 6.45) is -0.00207. The van der Waals surface area contributed by atoms with Gasteiger partial charge in [0.25, 0.3) is 0 Å². The molecule has 0 saturated carbocycles. The molecular formula is C25H29ClFNO7. The number of benzene rings is 2. The van der Waals surface area contributed by atoms with Crippen molar-refractivity contribution in [2.24, 2.45) is 0 Å². The van der Waals surface area contributed by atoms with Gasteiger partial charge in [0.05, 0.1) is 12.0 Å². The van der Waals surface area contributed by atoms with E-state index >= 15 is 0 Å². The van der Waals surface area contributed by atoms with Gasteiger partial charge in [-0.2, -0.15) is 0 Å². The van der Waals surface area contributed by atoms with E-state index < -0.39 is 30.1 Å². The first-order valence-electron chi connectivity index (χ1n) is 11.1. The van der Waals surface area contributed by atoms with Crippen molar-refractivity contribution < 1.29 is 39.2 Å². The normalized spacial score (nSPS) is 16.0. The van der Waals surface area contributed by atoms with E-state index in [1.165, 1.54) is 24.3 Å². The smallest absolute Gasteiger partial charge is 0.333 e. The van der Waals surface area contributed by atoms with Gasteiger partial charge >= 0.3 is 11.9 Å². The lowest BCUT2D eigenvalue weighted by atomic mass is 9.84. The number of Topliss-reactive ketones (excluding diaryl/α,β-unsaturated/α-hetero) is 1. The Morgan fingerprint density at radius 3 is 2.06 bits per heavy atom. The summed E-state index contributed by atoms with van der Waals surface area (Å²) in [4.78, 5) is 33.8. The van der Waals surface area contributed by atoms with E-state index in [0.717, 1.165) is 31.6 Å². The second-order valence-corrected chi connectivity index (χ2v) is 8.80. The fourth-order valence-electron chi connectivity index (χ4n) is 3.69. The average molecular weight is 510 g/mol. The predicted molar refractivity (Wildman–Crippen MR) is 127 cm³/mol. The summed E-state index contributed by atoms with van der Waals surface area (Å²) in [6, 6.07) is 13.1. The first-order chi connectivity index (χ1) is 16.5. The highest BCUT2D eigenvalue weighted by atomic mass is 35.5. The lowest BCUT2D eigenvalue weighted by Crippen LogP contribution is -2.42. The van der Waals surface area contributed by atoms with Crippen molar-refractivity contribution >= 4 is 29.3 Å². The molecule has 2 aromatic rings. The number of aliphatic hydroxyl groups excluding tert-OH is 1. The Kier molecular flexibility index (Phi) is 10.8. The van der Waals surface area contributed by atoms with Gasteiger partial charge in [-0.1, -0.05) is 23.7 Å². The van der Waals surface area contributed by atoms with E-state index in [9.17, 15) is 23.9 Å². The Morgan fingerprint density at radius 1 is 1.00 bits per heavy atom. The van der Waals surface area contributed by atoms with Crippen molar-refractivity contribution in [3.8, 4) is 0 Å². The number of carbonyl (C=O) groups is 3. The molecule has 1 fully saturated rings. The number of ketones is 1. The van der Waals surface area contributed by atoms with E-state index in [0.29, 0.717) is 29.8 Å². The van der Waals surface area contributed by atoms with Crippen molar-refractivity contribution in [1.82, 2.24) is 4.90 Å². The summed E-state index contributed by atoms with van der Waals surface area (Å²) in [5, 5.41) is 35.7. The number of rotatable bonds is 9. The molecule has 4 N–H and O–H groups in total. The zero-order valence-electron chi connectivity index (χ0n) is 19.1. The Balaban J connectivity index is 0.000000410. The summed E-state index contributed by atoms with van der Waals surface area (Å²) in [5.74, 6) is -3.13. The molecule has 0 amide bonds. The van der Waals surface area contributed by atoms with Crippen LogP contribution in [0.15, 0.2) is 48.5 Å². The van der Waals surface area contributed by atoms with Crippen molar-refractivity contribution in [2.75, 3.05) is 19.6 Å². The second kappa shape index (κ2) is 13.3. The van der Waals surface area contributed by atoms with Gasteiger partial charge in [-0.15, -0.1) is 0 Å². The zero-order valence-corrected chi connectivity index (χ0v) is 19.8. The first kappa shape index (κ1) is 28.4. The van der Waals surface area contributed by atoms with Crippen molar-refractivity contribution in [3.05, 3.63) is 70.5 Å². The SMILES string of the molecule is O=C(CCCN1CCC(O)(c2ccc(Cl)cc2)CC1)c1ccc(F)cc1.O=C(O)CC(O)C(=O)O. The molecule has 1 aliphatic heterocycles. The molecule has 0 spiro atoms. The Bertz CT molecular complexity index is 990. The highest BCUT2D eigenvalue weighted by Crippen LogP contribution is 2.33. The molecule has 1 saturated heterocycles. The molecule has 1 unspecified atom stereocenters. The van der Waals surface area contributed by atoms with Crippen LogP contribution in [0.3, 0.4) is 0 Å². The molecule has 35 heavy (non-hydrogen) atoms. The number of likely N-dealkylation sites (tertiary alicyclic amines) is 1. The lowest BCUT2D eigenvalue weighted by Gasteiger charge is -2.38. The van der Waals surface area contributed by atoms with Gasteiger partial charge in [0.1, 0.15) is 5.82 Å². The molecule has 0 aliphatic carbocycles. The standard InChI is InChI=1S/C21H23ClFNO2.C4H6O5/c22-18-7-5-17(6-8-18)21(26)11-14-24(15-12-21)13-1-2-20(25)16-3-9-19(23)10-4-16;5-2(4(8)9)1-3(6)7/h3-10,26H,1-2,11-15H2;2,5H,1H2,(H,6,7)(H,8,9). The van der Waals surface area contributed by atoms with E-state index in [1.54, 1.807) is 0 Å². The van der Waals surface area contributed by atoms with Gasteiger partial charge in [0.2, 0.25) is 0 Å². The molecule has 190 valence electrons. The molecule has 2 aromatic carbocycles. The fourth-order valence-corrected chi connectivity index (χ4v) is 3.82. The number of hydrogen-bond acceptors (Lipinski definition) is 6. The number of carboxylic acids is 2. The topological polar surface area (TPSA) is 135 Å². The molecule has 0 aromatic heterocycles. The number of aliphatic carboxylic acids is 2. The number of aliphatic hydroxyl groups is 2. The third-order valence-corrected chi connectivity index (χ3v) is 6.01. The summed E-state index contributed by atoms with van der Waals surface area (Å²) in [6.45, 7) is 2.41. The second-order valence-electron chi connectivity index (χ2n) is 8.37. The predicted octanol–water partition coefficient (Wildman–Crippen LogP) is 3.33. The maximum Gasteiger partial charge on any atom is 0.333 e. The van der Waals surface area contributed by atoms with Crippen LogP contribution in [0.5, 0.6) is 0 Å². The maximum atomic E-state index is 12.9. The van der Waals surface area contributed by atoms with Crippen LogP contribution in [-0.2, 0) is 15.2 Å². The van der Waals surface area contributed by atoms with Crippen molar-refractivity contribution in [2.45, 2.75) is 43.8 Å². The van der Waals surface area contributed by atoms with E-state index in [4.69, 9.17) is 26.9 Å². The molecule has 1 atom stereocenters. The number of carboxylic acid groups (broad SMARTS) is 2. The van der Waals surface area contributed by atoms with Crippen LogP contribution in [0.25, 0.3) is 0 Å². The minimum Gasteiger partial charge on any atom is -0.481 e. The number of nitrogens with zero attached hydrogens (tertiary/aromatic N) is 1. The van der Waals surface area contributed by atoms with Crippen LogP contribution in [-0.4, -0.2) is 68.8 Å². The van der Waals surface area contributed by atoms with E-state index in [-0.39, 0.29) is 11.6 Å². The van der Waals surface area contributed by atoms with E-state index in [1.807, 2.05) is 24.3 Å². The molecule has 8 nitrogen and oxygen atoms in total. The molecule has 0 radical (unpaired) electrons. The molecule has 1 aliphatic rings. The highest BCUT2D eigenvalue weighted by molar-refractivity contribution is 6.30. The van der Waals surface area contributed by atoms with Gasteiger partial charge < -0.3 is 25.3 Å². The van der Waals surface area contributed by atoms with Crippen LogP contribution in [0, 0.1) is 5.82 Å². The molecule has 10 heteroatoms. The van der Waals surface area contributed by atoms with Crippen molar-refractivity contribution in [3.63, 3.8) is 0 Å². The van der Waals surface area contributed by atoms with Crippen LogP contribution in [0.2, 0.25) is 5.02 Å². The van der Waals surface area contributed by atoms with Crippen LogP contribution in [0.1, 0.15) is 48.0 Å². The Morgan fingerprint density at radius 2 is 1.57 bits per heavy atom. The van der Waals surface area contributed by atoms with Crippen molar-refractivity contribution in [1.29, 1.82) is 0 Å². The average Bonchev–Trinajstić information content (AvgIpc) is 2.81. The first-order valence-corrected chi connectivity index (χ1v) is 11.5. The van der Waals surface area contributed by atoms with Crippen LogP contribution < -0.4 is 0 Å². The number of halogens is 2. The van der Waals surface area contributed by atoms with E-state index in [2.05, 4.69) is 4.90 Å². The summed E-state index contributed by atoms with van der Waals surface area (Å²) in [7, 11) is 0. The molecular weight excluding hydrogens is 481 g/mol. The highest BCUT2D eigenvalue weighted by Gasteiger charge is 2.33. The number of hydrogen-bond donors (Lipinski definition) is 4.